The lowest BCUT2D eigenvalue weighted by Gasteiger charge is -2.32. The van der Waals surface area contributed by atoms with Crippen molar-refractivity contribution in [3.05, 3.63) is 29.8 Å². The SMILES string of the molecule is CCc1ccccc1S(=O)(=O)N1CCCCC1C(=O)O. The van der Waals surface area contributed by atoms with E-state index in [2.05, 4.69) is 0 Å². The molecule has 1 unspecified atom stereocenters. The summed E-state index contributed by atoms with van der Waals surface area (Å²) in [5.74, 6) is -1.07. The monoisotopic (exact) mass is 297 g/mol. The van der Waals surface area contributed by atoms with E-state index in [9.17, 15) is 18.3 Å². The van der Waals surface area contributed by atoms with E-state index in [1.807, 2.05) is 6.92 Å². The lowest BCUT2D eigenvalue weighted by Crippen LogP contribution is -2.48. The molecule has 1 aliphatic heterocycles. The molecule has 6 heteroatoms. The number of hydrogen-bond donors (Lipinski definition) is 1. The smallest absolute Gasteiger partial charge is 0.322 e. The summed E-state index contributed by atoms with van der Waals surface area (Å²) in [6.45, 7) is 2.16. The third-order valence-corrected chi connectivity index (χ3v) is 5.69. The summed E-state index contributed by atoms with van der Waals surface area (Å²) in [6, 6.07) is 5.85. The normalized spacial score (nSPS) is 20.8. The van der Waals surface area contributed by atoms with Crippen LogP contribution in [0.15, 0.2) is 29.2 Å². The molecule has 1 saturated heterocycles. The summed E-state index contributed by atoms with van der Waals surface area (Å²) < 4.78 is 26.6. The minimum atomic E-state index is -3.75. The Labute approximate surface area is 119 Å². The standard InChI is InChI=1S/C14H19NO4S/c1-2-11-7-3-4-9-13(11)20(18,19)15-10-6-5-8-12(15)14(16)17/h3-4,7,9,12H,2,5-6,8,10H2,1H3,(H,16,17). The maximum Gasteiger partial charge on any atom is 0.322 e. The summed E-state index contributed by atoms with van der Waals surface area (Å²) >= 11 is 0. The molecule has 0 radical (unpaired) electrons. The van der Waals surface area contributed by atoms with Gasteiger partial charge in [0.1, 0.15) is 6.04 Å². The van der Waals surface area contributed by atoms with Gasteiger partial charge in [0, 0.05) is 6.54 Å². The van der Waals surface area contributed by atoms with Gasteiger partial charge in [-0.15, -0.1) is 0 Å². The van der Waals surface area contributed by atoms with Gasteiger partial charge in [-0.25, -0.2) is 8.42 Å². The summed E-state index contributed by atoms with van der Waals surface area (Å²) in [4.78, 5) is 11.5. The minimum absolute atomic E-state index is 0.232. The van der Waals surface area contributed by atoms with Gasteiger partial charge in [-0.05, 0) is 37.3 Å². The van der Waals surface area contributed by atoms with E-state index in [0.29, 0.717) is 19.3 Å². The van der Waals surface area contributed by atoms with Crippen LogP contribution < -0.4 is 0 Å². The number of carbonyl (C=O) groups is 1. The predicted octanol–water partition coefficient (Wildman–Crippen LogP) is 1.88. The Balaban J connectivity index is 2.45. The molecule has 0 spiro atoms. The molecule has 1 N–H and O–H groups in total. The number of aryl methyl sites for hydroxylation is 1. The Morgan fingerprint density at radius 2 is 2.05 bits per heavy atom. The molecule has 110 valence electrons. The Bertz CT molecular complexity index is 597. The molecule has 20 heavy (non-hydrogen) atoms. The van der Waals surface area contributed by atoms with Crippen LogP contribution in [0.4, 0.5) is 0 Å². The van der Waals surface area contributed by atoms with Crippen molar-refractivity contribution in [2.75, 3.05) is 6.54 Å². The third kappa shape index (κ3) is 2.71. The van der Waals surface area contributed by atoms with E-state index in [-0.39, 0.29) is 11.4 Å². The molecular weight excluding hydrogens is 278 g/mol. The zero-order valence-corrected chi connectivity index (χ0v) is 12.3. The highest BCUT2D eigenvalue weighted by atomic mass is 32.2. The van der Waals surface area contributed by atoms with Gasteiger partial charge in [0.25, 0.3) is 0 Å². The van der Waals surface area contributed by atoms with Gasteiger partial charge < -0.3 is 5.11 Å². The average molecular weight is 297 g/mol. The fraction of sp³-hybridized carbons (Fsp3) is 0.500. The maximum absolute atomic E-state index is 12.7. The van der Waals surface area contributed by atoms with Gasteiger partial charge in [-0.1, -0.05) is 25.1 Å². The first kappa shape index (κ1) is 15.0. The number of carboxylic acid groups (broad SMARTS) is 1. The van der Waals surface area contributed by atoms with E-state index in [0.717, 1.165) is 16.3 Å². The number of carboxylic acids is 1. The van der Waals surface area contributed by atoms with Gasteiger partial charge >= 0.3 is 5.97 Å². The second-order valence-electron chi connectivity index (χ2n) is 4.93. The van der Waals surface area contributed by atoms with Crippen molar-refractivity contribution in [1.29, 1.82) is 0 Å². The Kier molecular flexibility index (Phi) is 4.45. The van der Waals surface area contributed by atoms with Crippen LogP contribution in [0, 0.1) is 0 Å². The predicted molar refractivity (Wildman–Crippen MR) is 75.0 cm³/mol. The van der Waals surface area contributed by atoms with Crippen LogP contribution in [0.2, 0.25) is 0 Å². The topological polar surface area (TPSA) is 74.7 Å². The molecule has 0 aliphatic carbocycles. The largest absolute Gasteiger partial charge is 0.480 e. The van der Waals surface area contributed by atoms with Crippen molar-refractivity contribution in [1.82, 2.24) is 4.31 Å². The van der Waals surface area contributed by atoms with Crippen molar-refractivity contribution in [2.45, 2.75) is 43.5 Å². The number of nitrogens with zero attached hydrogens (tertiary/aromatic N) is 1. The molecule has 1 aromatic carbocycles. The second-order valence-corrected chi connectivity index (χ2v) is 6.79. The van der Waals surface area contributed by atoms with Crippen LogP contribution in [-0.4, -0.2) is 36.4 Å². The number of piperidine rings is 1. The van der Waals surface area contributed by atoms with Gasteiger partial charge in [0.2, 0.25) is 10.0 Å². The fourth-order valence-electron chi connectivity index (χ4n) is 2.61. The molecule has 1 atom stereocenters. The summed E-state index contributed by atoms with van der Waals surface area (Å²) in [5.41, 5.74) is 0.724. The Hall–Kier alpha value is -1.40. The Morgan fingerprint density at radius 1 is 1.35 bits per heavy atom. The van der Waals surface area contributed by atoms with E-state index < -0.39 is 22.0 Å². The van der Waals surface area contributed by atoms with E-state index in [1.54, 1.807) is 24.3 Å². The third-order valence-electron chi connectivity index (χ3n) is 3.68. The van der Waals surface area contributed by atoms with E-state index in [4.69, 9.17) is 0 Å². The summed E-state index contributed by atoms with van der Waals surface area (Å²) in [6.07, 6.45) is 2.43. The van der Waals surface area contributed by atoms with Crippen molar-refractivity contribution in [3.8, 4) is 0 Å². The zero-order valence-electron chi connectivity index (χ0n) is 11.4. The van der Waals surface area contributed by atoms with Gasteiger partial charge in [-0.3, -0.25) is 4.79 Å². The van der Waals surface area contributed by atoms with Crippen molar-refractivity contribution in [2.24, 2.45) is 0 Å². The quantitative estimate of drug-likeness (QED) is 0.920. The van der Waals surface area contributed by atoms with Crippen LogP contribution in [0.1, 0.15) is 31.7 Å². The van der Waals surface area contributed by atoms with E-state index in [1.165, 1.54) is 0 Å². The average Bonchev–Trinajstić information content (AvgIpc) is 2.47. The highest BCUT2D eigenvalue weighted by molar-refractivity contribution is 7.89. The van der Waals surface area contributed by atoms with Crippen molar-refractivity contribution < 1.29 is 18.3 Å². The van der Waals surface area contributed by atoms with Crippen LogP contribution in [-0.2, 0) is 21.2 Å². The highest BCUT2D eigenvalue weighted by Crippen LogP contribution is 2.27. The van der Waals surface area contributed by atoms with Gasteiger partial charge in [0.05, 0.1) is 4.90 Å². The first-order chi connectivity index (χ1) is 9.48. The number of hydrogen-bond acceptors (Lipinski definition) is 3. The molecule has 0 aromatic heterocycles. The van der Waals surface area contributed by atoms with Crippen molar-refractivity contribution >= 4 is 16.0 Å². The Morgan fingerprint density at radius 3 is 2.70 bits per heavy atom. The number of aliphatic carboxylic acids is 1. The maximum atomic E-state index is 12.7. The van der Waals surface area contributed by atoms with Crippen LogP contribution in [0.3, 0.4) is 0 Å². The van der Waals surface area contributed by atoms with Crippen LogP contribution in [0.25, 0.3) is 0 Å². The molecule has 1 aromatic rings. The number of benzene rings is 1. The molecule has 2 rings (SSSR count). The molecule has 0 amide bonds. The van der Waals surface area contributed by atoms with E-state index >= 15 is 0 Å². The molecule has 0 saturated carbocycles. The van der Waals surface area contributed by atoms with Gasteiger partial charge in [-0.2, -0.15) is 4.31 Å². The van der Waals surface area contributed by atoms with Crippen LogP contribution in [0.5, 0.6) is 0 Å². The minimum Gasteiger partial charge on any atom is -0.480 e. The lowest BCUT2D eigenvalue weighted by molar-refractivity contribution is -0.142. The molecule has 1 fully saturated rings. The summed E-state index contributed by atoms with van der Waals surface area (Å²) in [5, 5.41) is 9.24. The number of sulfonamides is 1. The highest BCUT2D eigenvalue weighted by Gasteiger charge is 2.38. The molecule has 5 nitrogen and oxygen atoms in total. The summed E-state index contributed by atoms with van der Waals surface area (Å²) in [7, 11) is -3.75. The molecule has 1 aliphatic rings. The lowest BCUT2D eigenvalue weighted by atomic mass is 10.1. The molecular formula is C14H19NO4S. The number of rotatable bonds is 4. The van der Waals surface area contributed by atoms with Crippen LogP contribution >= 0.6 is 0 Å². The molecule has 1 heterocycles. The first-order valence-electron chi connectivity index (χ1n) is 6.81. The van der Waals surface area contributed by atoms with Gasteiger partial charge in [0.15, 0.2) is 0 Å². The second kappa shape index (κ2) is 5.93. The fourth-order valence-corrected chi connectivity index (χ4v) is 4.56. The molecule has 0 bridgehead atoms. The van der Waals surface area contributed by atoms with Crippen molar-refractivity contribution in [3.63, 3.8) is 0 Å². The zero-order chi connectivity index (χ0) is 14.8. The first-order valence-corrected chi connectivity index (χ1v) is 8.25.